The third-order valence-corrected chi connectivity index (χ3v) is 3.13. The van der Waals surface area contributed by atoms with Crippen molar-refractivity contribution in [1.29, 1.82) is 0 Å². The highest BCUT2D eigenvalue weighted by Gasteiger charge is 2.11. The number of methoxy groups -OCH3 is 1. The van der Waals surface area contributed by atoms with Crippen LogP contribution in [0, 0.1) is 0 Å². The normalized spacial score (nSPS) is 12.1. The Labute approximate surface area is 103 Å². The number of hydrogen-bond acceptors (Lipinski definition) is 1. The molecular formula is C16H18O. The van der Waals surface area contributed by atoms with E-state index >= 15 is 0 Å². The molecule has 2 aromatic carbocycles. The largest absolute Gasteiger partial charge is 0.497 e. The molecule has 0 radical (unpaired) electrons. The summed E-state index contributed by atoms with van der Waals surface area (Å²) in [6.45, 7) is 2.22. The van der Waals surface area contributed by atoms with Gasteiger partial charge in [0.25, 0.3) is 0 Å². The molecule has 0 aromatic heterocycles. The summed E-state index contributed by atoms with van der Waals surface area (Å²) in [5.74, 6) is 1.39. The van der Waals surface area contributed by atoms with Gasteiger partial charge in [0.2, 0.25) is 0 Å². The number of ether oxygens (including phenoxy) is 1. The average molecular weight is 226 g/mol. The summed E-state index contributed by atoms with van der Waals surface area (Å²) in [7, 11) is 1.70. The maximum atomic E-state index is 5.19. The van der Waals surface area contributed by atoms with Gasteiger partial charge in [0.05, 0.1) is 7.11 Å². The summed E-state index contributed by atoms with van der Waals surface area (Å²) in [6, 6.07) is 19.0. The van der Waals surface area contributed by atoms with Gasteiger partial charge in [-0.15, -0.1) is 0 Å². The second-order valence-corrected chi connectivity index (χ2v) is 4.14. The molecule has 1 atom stereocenters. The fraction of sp³-hybridized carbons (Fsp3) is 0.250. The molecule has 88 valence electrons. The fourth-order valence-electron chi connectivity index (χ4n) is 2.19. The molecule has 2 rings (SSSR count). The first-order chi connectivity index (χ1) is 8.35. The minimum absolute atomic E-state index is 0.474. The van der Waals surface area contributed by atoms with Gasteiger partial charge in [0.15, 0.2) is 0 Å². The van der Waals surface area contributed by atoms with E-state index in [0.29, 0.717) is 5.92 Å². The first-order valence-corrected chi connectivity index (χ1v) is 6.04. The van der Waals surface area contributed by atoms with Crippen molar-refractivity contribution in [2.24, 2.45) is 0 Å². The van der Waals surface area contributed by atoms with E-state index in [0.717, 1.165) is 12.2 Å². The maximum Gasteiger partial charge on any atom is 0.118 e. The molecule has 17 heavy (non-hydrogen) atoms. The number of hydrogen-bond donors (Lipinski definition) is 0. The van der Waals surface area contributed by atoms with Gasteiger partial charge in [-0.1, -0.05) is 49.4 Å². The van der Waals surface area contributed by atoms with E-state index in [-0.39, 0.29) is 0 Å². The number of benzene rings is 2. The van der Waals surface area contributed by atoms with Crippen molar-refractivity contribution in [1.82, 2.24) is 0 Å². The quantitative estimate of drug-likeness (QED) is 0.757. The second-order valence-electron chi connectivity index (χ2n) is 4.14. The van der Waals surface area contributed by atoms with Crippen molar-refractivity contribution in [3.8, 4) is 5.75 Å². The minimum atomic E-state index is 0.474. The van der Waals surface area contributed by atoms with Gasteiger partial charge in [0.1, 0.15) is 5.75 Å². The maximum absolute atomic E-state index is 5.19. The van der Waals surface area contributed by atoms with Crippen LogP contribution < -0.4 is 4.74 Å². The molecule has 0 amide bonds. The van der Waals surface area contributed by atoms with Crippen LogP contribution in [-0.2, 0) is 0 Å². The summed E-state index contributed by atoms with van der Waals surface area (Å²) >= 11 is 0. The van der Waals surface area contributed by atoms with Gasteiger partial charge in [-0.25, -0.2) is 0 Å². The highest BCUT2D eigenvalue weighted by molar-refractivity contribution is 5.35. The zero-order valence-corrected chi connectivity index (χ0v) is 10.4. The number of rotatable bonds is 4. The molecule has 0 saturated carbocycles. The molecular weight excluding hydrogens is 208 g/mol. The molecule has 0 bridgehead atoms. The van der Waals surface area contributed by atoms with Crippen LogP contribution in [0.15, 0.2) is 54.6 Å². The monoisotopic (exact) mass is 226 g/mol. The molecule has 0 unspecified atom stereocenters. The molecule has 0 heterocycles. The Kier molecular flexibility index (Phi) is 3.81. The van der Waals surface area contributed by atoms with Crippen LogP contribution in [0.1, 0.15) is 30.4 Å². The molecule has 1 nitrogen and oxygen atoms in total. The van der Waals surface area contributed by atoms with E-state index in [2.05, 4.69) is 49.4 Å². The predicted octanol–water partition coefficient (Wildman–Crippen LogP) is 4.24. The molecule has 0 aliphatic carbocycles. The van der Waals surface area contributed by atoms with E-state index in [1.807, 2.05) is 12.1 Å². The fourth-order valence-corrected chi connectivity index (χ4v) is 2.19. The molecule has 0 aliphatic heterocycles. The van der Waals surface area contributed by atoms with Crippen molar-refractivity contribution in [3.05, 3.63) is 65.7 Å². The predicted molar refractivity (Wildman–Crippen MR) is 71.6 cm³/mol. The summed E-state index contributed by atoms with van der Waals surface area (Å²) < 4.78 is 5.19. The van der Waals surface area contributed by atoms with E-state index < -0.39 is 0 Å². The van der Waals surface area contributed by atoms with E-state index in [1.54, 1.807) is 7.11 Å². The van der Waals surface area contributed by atoms with E-state index in [1.165, 1.54) is 11.1 Å². The van der Waals surface area contributed by atoms with Gasteiger partial charge in [-0.2, -0.15) is 0 Å². The Bertz CT molecular complexity index is 445. The lowest BCUT2D eigenvalue weighted by molar-refractivity contribution is 0.414. The minimum Gasteiger partial charge on any atom is -0.497 e. The third-order valence-electron chi connectivity index (χ3n) is 3.13. The Balaban J connectivity index is 2.29. The standard InChI is InChI=1S/C16H18O/c1-3-16(13-7-5-4-6-8-13)14-9-11-15(17-2)12-10-14/h4-12,16H,3H2,1-2H3/t16-/m0/s1. The van der Waals surface area contributed by atoms with Gasteiger partial charge in [0, 0.05) is 5.92 Å². The highest BCUT2D eigenvalue weighted by Crippen LogP contribution is 2.28. The summed E-state index contributed by atoms with van der Waals surface area (Å²) in [5.41, 5.74) is 2.72. The smallest absolute Gasteiger partial charge is 0.118 e. The van der Waals surface area contributed by atoms with Gasteiger partial charge < -0.3 is 4.74 Å². The van der Waals surface area contributed by atoms with E-state index in [9.17, 15) is 0 Å². The van der Waals surface area contributed by atoms with Crippen LogP contribution in [0.25, 0.3) is 0 Å². The van der Waals surface area contributed by atoms with Crippen LogP contribution in [0.5, 0.6) is 5.75 Å². The van der Waals surface area contributed by atoms with Crippen LogP contribution in [0.2, 0.25) is 0 Å². The lowest BCUT2D eigenvalue weighted by atomic mass is 9.89. The Morgan fingerprint density at radius 2 is 1.47 bits per heavy atom. The summed E-state index contributed by atoms with van der Waals surface area (Å²) in [4.78, 5) is 0. The van der Waals surface area contributed by atoms with Crippen LogP contribution >= 0.6 is 0 Å². The van der Waals surface area contributed by atoms with Gasteiger partial charge in [-0.05, 0) is 29.7 Å². The Hall–Kier alpha value is -1.76. The molecule has 0 spiro atoms. The van der Waals surface area contributed by atoms with Crippen molar-refractivity contribution < 1.29 is 4.74 Å². The second kappa shape index (κ2) is 5.53. The SMILES string of the molecule is CC[C@@H](c1ccccc1)c1ccc(OC)cc1. The average Bonchev–Trinajstić information content (AvgIpc) is 2.42. The highest BCUT2D eigenvalue weighted by atomic mass is 16.5. The Morgan fingerprint density at radius 3 is 2.00 bits per heavy atom. The van der Waals surface area contributed by atoms with Crippen molar-refractivity contribution in [2.45, 2.75) is 19.3 Å². The van der Waals surface area contributed by atoms with Crippen LogP contribution in [-0.4, -0.2) is 7.11 Å². The molecule has 1 heteroatoms. The first kappa shape index (κ1) is 11.7. The molecule has 0 fully saturated rings. The molecule has 0 N–H and O–H groups in total. The van der Waals surface area contributed by atoms with Crippen molar-refractivity contribution in [3.63, 3.8) is 0 Å². The van der Waals surface area contributed by atoms with Crippen LogP contribution in [0.3, 0.4) is 0 Å². The lowest BCUT2D eigenvalue weighted by Crippen LogP contribution is -1.99. The Morgan fingerprint density at radius 1 is 0.882 bits per heavy atom. The molecule has 0 saturated heterocycles. The van der Waals surface area contributed by atoms with Gasteiger partial charge >= 0.3 is 0 Å². The zero-order valence-electron chi connectivity index (χ0n) is 10.4. The lowest BCUT2D eigenvalue weighted by Gasteiger charge is -2.16. The first-order valence-electron chi connectivity index (χ1n) is 6.04. The van der Waals surface area contributed by atoms with Gasteiger partial charge in [-0.3, -0.25) is 0 Å². The third kappa shape index (κ3) is 2.68. The molecule has 0 aliphatic rings. The topological polar surface area (TPSA) is 9.23 Å². The molecule has 2 aromatic rings. The summed E-state index contributed by atoms with van der Waals surface area (Å²) in [6.07, 6.45) is 1.11. The summed E-state index contributed by atoms with van der Waals surface area (Å²) in [5, 5.41) is 0. The van der Waals surface area contributed by atoms with Crippen molar-refractivity contribution >= 4 is 0 Å². The van der Waals surface area contributed by atoms with E-state index in [4.69, 9.17) is 4.74 Å². The van der Waals surface area contributed by atoms with Crippen molar-refractivity contribution in [2.75, 3.05) is 7.11 Å². The zero-order chi connectivity index (χ0) is 12.1. The van der Waals surface area contributed by atoms with Crippen LogP contribution in [0.4, 0.5) is 0 Å².